The molecule has 341 valence electrons. The molecule has 1 fully saturated rings. The molecule has 0 amide bonds. The molecule has 2 atom stereocenters. The van der Waals surface area contributed by atoms with Crippen LogP contribution in [-0.4, -0.2) is 9.97 Å². The van der Waals surface area contributed by atoms with Gasteiger partial charge in [-0.1, -0.05) is 140 Å². The van der Waals surface area contributed by atoms with Crippen LogP contribution in [0.3, 0.4) is 0 Å². The molecule has 8 bridgehead atoms. The van der Waals surface area contributed by atoms with Crippen molar-refractivity contribution in [3.05, 3.63) is 189 Å². The third kappa shape index (κ3) is 7.98. The van der Waals surface area contributed by atoms with E-state index in [1.807, 2.05) is 24.3 Å². The number of benzene rings is 6. The van der Waals surface area contributed by atoms with Crippen LogP contribution in [0.2, 0.25) is 0 Å². The number of nitrogens with zero attached hydrogens (tertiary/aromatic N) is 4. The summed E-state index contributed by atoms with van der Waals surface area (Å²) in [5.41, 5.74) is 22.2. The first-order chi connectivity index (χ1) is 34.6. The van der Waals surface area contributed by atoms with E-state index < -0.39 is 0 Å². The van der Waals surface area contributed by atoms with Gasteiger partial charge in [-0.05, 0) is 196 Å². The molecule has 5 nitrogen and oxygen atoms in total. The Morgan fingerprint density at radius 3 is 2.06 bits per heavy atom. The van der Waals surface area contributed by atoms with Crippen LogP contribution in [0.1, 0.15) is 118 Å². The predicted molar refractivity (Wildman–Crippen MR) is 284 cm³/mol. The van der Waals surface area contributed by atoms with E-state index in [4.69, 9.17) is 23.6 Å². The van der Waals surface area contributed by atoms with E-state index in [-0.39, 0.29) is 0 Å². The van der Waals surface area contributed by atoms with Gasteiger partial charge < -0.3 is 9.97 Å². The third-order valence-corrected chi connectivity index (χ3v) is 16.3. The van der Waals surface area contributed by atoms with Crippen LogP contribution in [0.5, 0.6) is 0 Å². The van der Waals surface area contributed by atoms with Gasteiger partial charge in [-0.2, -0.15) is 0 Å². The van der Waals surface area contributed by atoms with Gasteiger partial charge >= 0.3 is 21.0 Å². The van der Waals surface area contributed by atoms with Gasteiger partial charge in [0.15, 0.2) is 0 Å². The zero-order valence-corrected chi connectivity index (χ0v) is 41.0. The number of aromatic nitrogens is 4. The van der Waals surface area contributed by atoms with Crippen molar-refractivity contribution < 1.29 is 21.0 Å². The first kappa shape index (κ1) is 43.4. The van der Waals surface area contributed by atoms with Crippen molar-refractivity contribution in [2.45, 2.75) is 95.8 Å². The number of hydrogen-bond donors (Lipinski definition) is 0. The molecule has 0 saturated heterocycles. The molecule has 0 radical (unpaired) electrons. The average Bonchev–Trinajstić information content (AvgIpc) is 4.23. The normalized spacial score (nSPS) is 17.1. The van der Waals surface area contributed by atoms with Gasteiger partial charge in [-0.15, -0.1) is 22.1 Å². The van der Waals surface area contributed by atoms with Gasteiger partial charge in [0.25, 0.3) is 0 Å². The van der Waals surface area contributed by atoms with E-state index in [9.17, 15) is 0 Å². The topological polar surface area (TPSA) is 71.1 Å². The summed E-state index contributed by atoms with van der Waals surface area (Å²) in [6.45, 7) is 0. The van der Waals surface area contributed by atoms with Gasteiger partial charge in [0.1, 0.15) is 0 Å². The molecule has 9 aromatic rings. The summed E-state index contributed by atoms with van der Waals surface area (Å²) in [6, 6.07) is 46.2. The number of fused-ring (bicyclic) bond motifs is 13. The summed E-state index contributed by atoms with van der Waals surface area (Å²) in [7, 11) is 0. The SMILES string of the molecule is C1=Cc2cc3cc(CCc4cc5cc6c(c7c(CCc8cccc(-c9cccc%10c9CCC9CCCCC%109)c8)cc8cccc4c8c57)CCCC6)c(cc4nc(cc5ccc(cc1n2)[n-]5)C=C4)[n-]3.[O]=[V+2]. The van der Waals surface area contributed by atoms with Crippen LogP contribution in [0.15, 0.2) is 121 Å². The van der Waals surface area contributed by atoms with Crippen molar-refractivity contribution in [2.75, 3.05) is 0 Å². The van der Waals surface area contributed by atoms with E-state index in [1.54, 1.807) is 27.6 Å². The van der Waals surface area contributed by atoms with Crippen molar-refractivity contribution in [3.63, 3.8) is 0 Å². The van der Waals surface area contributed by atoms with Crippen molar-refractivity contribution in [3.8, 4) is 11.1 Å². The molecule has 2 unspecified atom stereocenters. The molecule has 6 aromatic carbocycles. The fourth-order valence-corrected chi connectivity index (χ4v) is 13.2. The monoisotopic (exact) mass is 945 g/mol. The molecule has 3 aliphatic carbocycles. The van der Waals surface area contributed by atoms with Crippen molar-refractivity contribution in [1.82, 2.24) is 19.9 Å². The Morgan fingerprint density at radius 1 is 0.500 bits per heavy atom. The molecule has 0 spiro atoms. The van der Waals surface area contributed by atoms with Gasteiger partial charge in [0, 0.05) is 0 Å². The maximum atomic E-state index is 8.19. The average molecular weight is 946 g/mol. The van der Waals surface area contributed by atoms with Crippen LogP contribution >= 0.6 is 0 Å². The zero-order chi connectivity index (χ0) is 46.7. The van der Waals surface area contributed by atoms with Crippen LogP contribution in [0.25, 0.3) is 89.8 Å². The Hall–Kier alpha value is -6.66. The Labute approximate surface area is 418 Å². The molecule has 1 saturated carbocycles. The Bertz CT molecular complexity index is 3760. The van der Waals surface area contributed by atoms with E-state index in [0.717, 1.165) is 99.7 Å². The quantitative estimate of drug-likeness (QED) is 0.149. The summed E-state index contributed by atoms with van der Waals surface area (Å²) >= 11 is 1.06. The minimum absolute atomic E-state index is 0.763. The fraction of sp³-hybridized carbons (Fsp3) is 0.250. The predicted octanol–water partition coefficient (Wildman–Crippen LogP) is 15.0. The molecular weight excluding hydrogens is 892 g/mol. The van der Waals surface area contributed by atoms with E-state index in [1.165, 1.54) is 125 Å². The minimum atomic E-state index is 0.763. The molecule has 14 rings (SSSR count). The van der Waals surface area contributed by atoms with Crippen LogP contribution < -0.4 is 9.97 Å². The van der Waals surface area contributed by atoms with Gasteiger partial charge in [-0.25, -0.2) is 9.97 Å². The molecule has 70 heavy (non-hydrogen) atoms. The Kier molecular flexibility index (Phi) is 11.3. The van der Waals surface area contributed by atoms with Crippen molar-refractivity contribution in [1.29, 1.82) is 0 Å². The van der Waals surface area contributed by atoms with E-state index in [0.29, 0.717) is 0 Å². The van der Waals surface area contributed by atoms with Crippen LogP contribution in [0.4, 0.5) is 0 Å². The van der Waals surface area contributed by atoms with E-state index in [2.05, 4.69) is 121 Å². The Morgan fingerprint density at radius 2 is 1.21 bits per heavy atom. The zero-order valence-electron chi connectivity index (χ0n) is 39.6. The van der Waals surface area contributed by atoms with Crippen molar-refractivity contribution >= 4 is 78.7 Å². The van der Waals surface area contributed by atoms with Gasteiger partial charge in [-0.3, -0.25) is 0 Å². The van der Waals surface area contributed by atoms with Gasteiger partial charge in [0.2, 0.25) is 0 Å². The summed E-state index contributed by atoms with van der Waals surface area (Å²) in [6.07, 6.45) is 25.2. The molecule has 3 aromatic heterocycles. The first-order valence-corrected chi connectivity index (χ1v) is 26.3. The summed E-state index contributed by atoms with van der Waals surface area (Å²) in [5, 5.41) is 8.62. The third-order valence-electron chi connectivity index (χ3n) is 16.3. The molecule has 5 heterocycles. The summed E-state index contributed by atoms with van der Waals surface area (Å²) in [5.74, 6) is 1.65. The maximum absolute atomic E-state index is 8.19. The summed E-state index contributed by atoms with van der Waals surface area (Å²) in [4.78, 5) is 19.8. The number of hydrogen-bond acceptors (Lipinski definition) is 3. The summed E-state index contributed by atoms with van der Waals surface area (Å²) < 4.78 is 8.19. The van der Waals surface area contributed by atoms with Crippen molar-refractivity contribution in [2.24, 2.45) is 5.92 Å². The van der Waals surface area contributed by atoms with E-state index >= 15 is 0 Å². The standard InChI is InChI=1S/C64H54N4.O.V/c1-3-13-55-40(9-1)22-29-60-56(15-7-17-59(55)60)41-11-5-8-39(30-41)18-19-46-33-45-12-6-16-58-43(32-47-31-42-10-2-4-14-57(42)63(46)64(47)62(45)58)20-21-44-34-54-37-52-26-25-50(66-52)35-48-23-24-49(65-48)36-51-27-28-53(67-51)38-61(44)68-54;;/h5-8,11-12,15-17,23-28,30-38,40,55H,1-4,9-10,13-14,18-22,29H2;;/q-2;;+2. The fourth-order valence-electron chi connectivity index (χ4n) is 13.2. The van der Waals surface area contributed by atoms with Crippen LogP contribution in [0, 0.1) is 5.92 Å². The second kappa shape index (κ2) is 18.3. The number of rotatable bonds is 7. The first-order valence-electron chi connectivity index (χ1n) is 25.7. The molecule has 5 aliphatic rings. The molecule has 6 heteroatoms. The second-order valence-corrected chi connectivity index (χ2v) is 20.5. The second-order valence-electron chi connectivity index (χ2n) is 20.5. The van der Waals surface area contributed by atoms with Gasteiger partial charge in [0.05, 0.1) is 22.8 Å². The Balaban J connectivity index is 0.00000237. The van der Waals surface area contributed by atoms with Crippen LogP contribution in [-0.2, 0) is 66.0 Å². The molecule has 0 N–H and O–H groups in total. The number of aryl methyl sites for hydroxylation is 6. The molecular formula is C64H54N4OV. The molecule has 2 aliphatic heterocycles.